The fourth-order valence-corrected chi connectivity index (χ4v) is 11.5. The molecule has 394 valence electrons. The summed E-state index contributed by atoms with van der Waals surface area (Å²) in [5.74, 6) is -0.592. The zero-order valence-electron chi connectivity index (χ0n) is 38.8. The molecular weight excluding hydrogens is 1070 g/mol. The molecule has 2 aliphatic heterocycles. The Morgan fingerprint density at radius 3 is 1.24 bits per heavy atom. The predicted molar refractivity (Wildman–Crippen MR) is 268 cm³/mol. The van der Waals surface area contributed by atoms with Crippen LogP contribution in [0.5, 0.6) is 0 Å². The number of hydrogen-bond acceptors (Lipinski definition) is 13. The Hall–Kier alpha value is -6.41. The molecule has 2 fully saturated rings. The van der Waals surface area contributed by atoms with Gasteiger partial charge in [-0.15, -0.1) is 0 Å². The molecule has 4 heterocycles. The van der Waals surface area contributed by atoms with Gasteiger partial charge in [-0.3, -0.25) is 14.4 Å². The Labute approximate surface area is 434 Å². The second kappa shape index (κ2) is 23.4. The van der Waals surface area contributed by atoms with Gasteiger partial charge in [0.15, 0.2) is 0 Å². The second-order valence-corrected chi connectivity index (χ2v) is 23.4. The number of nitrogens with zero attached hydrogens (tertiary/aromatic N) is 2. The number of alkyl halides is 3. The number of hydrogen-bond donors (Lipinski definition) is 5. The summed E-state index contributed by atoms with van der Waals surface area (Å²) in [5.41, 5.74) is 2.38. The van der Waals surface area contributed by atoms with E-state index in [9.17, 15) is 52.8 Å². The number of anilines is 2. The maximum absolute atomic E-state index is 13.0. The van der Waals surface area contributed by atoms with Gasteiger partial charge in [-0.05, 0) is 147 Å². The molecule has 74 heavy (non-hydrogen) atoms. The van der Waals surface area contributed by atoms with E-state index >= 15 is 0 Å². The zero-order valence-corrected chi connectivity index (χ0v) is 42.8. The lowest BCUT2D eigenvalue weighted by Gasteiger charge is -2.31. The lowest BCUT2D eigenvalue weighted by Crippen LogP contribution is -2.42. The number of primary amides is 1. The number of sulfone groups is 1. The van der Waals surface area contributed by atoms with Crippen LogP contribution in [0, 0.1) is 0 Å². The summed E-state index contributed by atoms with van der Waals surface area (Å²) in [5, 5.41) is 12.4. The average Bonchev–Trinajstić information content (AvgIpc) is 4.08. The number of piperidine rings is 2. The summed E-state index contributed by atoms with van der Waals surface area (Å²) in [6.07, 6.45) is 2.02. The fraction of sp³-hybridized carbons (Fsp3) is 0.271. The molecule has 0 saturated carbocycles. The van der Waals surface area contributed by atoms with Crippen LogP contribution in [0.25, 0.3) is 0 Å². The number of benzene rings is 4. The standard InChI is InChI=1S/C24H23ClF3N3O6S2.C24H25ClN4O5S/c25-17-3-1-16(2-4-17)23(32)29-15-20-7-10-22(37-20)39(35,36)31-13-11-19(12-14-31)30-18-5-8-21(9-6-18)38(33,34)24(26,27)28;25-18-5-1-17(2-6-18)24(31)27-15-21-9-10-22(34-21)35(32,33)29-13-11-20(12-14-29)28-19-7-3-16(4-8-19)23(26)30/h1-10,19,30H,11-15H2,(H,29,32);1-10,20,28H,11-15H2,(H2,26,30)(H,27,31). The van der Waals surface area contributed by atoms with Crippen LogP contribution in [0.3, 0.4) is 0 Å². The number of furan rings is 2. The van der Waals surface area contributed by atoms with E-state index in [0.29, 0.717) is 77.0 Å². The van der Waals surface area contributed by atoms with Gasteiger partial charge < -0.3 is 35.8 Å². The van der Waals surface area contributed by atoms with Gasteiger partial charge >= 0.3 is 5.51 Å². The van der Waals surface area contributed by atoms with Crippen LogP contribution >= 0.6 is 23.2 Å². The summed E-state index contributed by atoms with van der Waals surface area (Å²) in [6, 6.07) is 29.4. The van der Waals surface area contributed by atoms with E-state index in [0.717, 1.165) is 17.8 Å². The van der Waals surface area contributed by atoms with E-state index in [2.05, 4.69) is 21.3 Å². The van der Waals surface area contributed by atoms with Crippen molar-refractivity contribution in [3.63, 3.8) is 0 Å². The number of nitrogens with two attached hydrogens (primary N) is 1. The molecule has 0 aliphatic carbocycles. The van der Waals surface area contributed by atoms with Crippen molar-refractivity contribution in [3.8, 4) is 0 Å². The molecule has 0 bridgehead atoms. The van der Waals surface area contributed by atoms with Crippen molar-refractivity contribution < 1.29 is 61.6 Å². The van der Waals surface area contributed by atoms with Gasteiger partial charge in [-0.1, -0.05) is 23.2 Å². The van der Waals surface area contributed by atoms with E-state index in [1.165, 1.54) is 38.9 Å². The van der Waals surface area contributed by atoms with Crippen LogP contribution in [0.4, 0.5) is 24.5 Å². The summed E-state index contributed by atoms with van der Waals surface area (Å²) in [7, 11) is -13.2. The number of carbonyl (C=O) groups is 3. The van der Waals surface area contributed by atoms with E-state index < -0.39 is 46.2 Å². The normalized spacial score (nSPS) is 15.4. The topological polar surface area (TPSA) is 261 Å². The van der Waals surface area contributed by atoms with Gasteiger partial charge in [0, 0.05) is 76.4 Å². The third kappa shape index (κ3) is 13.8. The minimum absolute atomic E-state index is 0.0218. The van der Waals surface area contributed by atoms with Gasteiger partial charge in [-0.2, -0.15) is 21.8 Å². The first-order valence-corrected chi connectivity index (χ1v) is 27.7. The summed E-state index contributed by atoms with van der Waals surface area (Å²) in [4.78, 5) is 34.8. The molecule has 18 nitrogen and oxygen atoms in total. The number of amides is 3. The molecule has 2 aromatic heterocycles. The minimum Gasteiger partial charge on any atom is -0.446 e. The molecule has 0 atom stereocenters. The monoisotopic (exact) mass is 1120 g/mol. The Morgan fingerprint density at radius 2 is 0.892 bits per heavy atom. The van der Waals surface area contributed by atoms with Crippen molar-refractivity contribution in [2.24, 2.45) is 5.73 Å². The number of nitrogens with one attached hydrogen (secondary N) is 4. The summed E-state index contributed by atoms with van der Waals surface area (Å²) >= 11 is 11.6. The molecule has 2 saturated heterocycles. The van der Waals surface area contributed by atoms with E-state index in [1.54, 1.807) is 78.9 Å². The second-order valence-electron chi connectivity index (χ2n) is 16.9. The molecule has 2 aliphatic rings. The highest BCUT2D eigenvalue weighted by atomic mass is 35.5. The van der Waals surface area contributed by atoms with Crippen LogP contribution in [-0.4, -0.2) is 95.4 Å². The number of halogens is 5. The van der Waals surface area contributed by atoms with E-state index in [4.69, 9.17) is 37.8 Å². The van der Waals surface area contributed by atoms with Crippen LogP contribution in [0.15, 0.2) is 145 Å². The largest absolute Gasteiger partial charge is 0.501 e. The highest BCUT2D eigenvalue weighted by Crippen LogP contribution is 2.32. The molecule has 0 spiro atoms. The predicted octanol–water partition coefficient (Wildman–Crippen LogP) is 7.65. The molecule has 3 amide bonds. The van der Waals surface area contributed by atoms with Crippen molar-refractivity contribution in [2.75, 3.05) is 36.8 Å². The first-order valence-electron chi connectivity index (χ1n) is 22.6. The van der Waals surface area contributed by atoms with Gasteiger partial charge in [0.25, 0.3) is 41.7 Å². The minimum atomic E-state index is -5.43. The first-order chi connectivity index (χ1) is 35.0. The maximum Gasteiger partial charge on any atom is 0.501 e. The quantitative estimate of drug-likeness (QED) is 0.0625. The molecule has 8 rings (SSSR count). The van der Waals surface area contributed by atoms with Crippen molar-refractivity contribution in [3.05, 3.63) is 160 Å². The SMILES string of the molecule is NC(=O)c1ccc(NC2CCN(S(=O)(=O)c3ccc(CNC(=O)c4ccc(Cl)cc4)o3)CC2)cc1.O=C(NCc1ccc(S(=O)(=O)N2CCC(Nc3ccc(S(=O)(=O)C(F)(F)F)cc3)CC2)o1)c1ccc(Cl)cc1. The van der Waals surface area contributed by atoms with Crippen LogP contribution < -0.4 is 27.0 Å². The zero-order chi connectivity index (χ0) is 53.4. The van der Waals surface area contributed by atoms with Gasteiger partial charge in [0.1, 0.15) is 11.5 Å². The Kier molecular flexibility index (Phi) is 17.5. The van der Waals surface area contributed by atoms with Crippen LogP contribution in [0.2, 0.25) is 10.0 Å². The van der Waals surface area contributed by atoms with Crippen molar-refractivity contribution in [1.82, 2.24) is 19.2 Å². The van der Waals surface area contributed by atoms with Gasteiger partial charge in [0.05, 0.1) is 18.0 Å². The summed E-state index contributed by atoms with van der Waals surface area (Å²) < 4.78 is 127. The number of carbonyl (C=O) groups excluding carboxylic acids is 3. The Balaban J connectivity index is 0.000000217. The molecule has 26 heteroatoms. The number of rotatable bonds is 16. The van der Waals surface area contributed by atoms with E-state index in [-0.39, 0.29) is 66.0 Å². The van der Waals surface area contributed by atoms with E-state index in [1.807, 2.05) is 0 Å². The third-order valence-corrected chi connectivity index (χ3v) is 17.4. The lowest BCUT2D eigenvalue weighted by atomic mass is 10.1. The summed E-state index contributed by atoms with van der Waals surface area (Å²) in [6.45, 7) is 1.02. The molecular formula is C48H48Cl2F3N7O11S3. The van der Waals surface area contributed by atoms with Crippen LogP contribution in [-0.2, 0) is 43.0 Å². The van der Waals surface area contributed by atoms with Crippen molar-refractivity contribution in [1.29, 1.82) is 0 Å². The van der Waals surface area contributed by atoms with Crippen molar-refractivity contribution >= 4 is 82.2 Å². The highest BCUT2D eigenvalue weighted by Gasteiger charge is 2.47. The van der Waals surface area contributed by atoms with Gasteiger partial charge in [-0.25, -0.2) is 25.3 Å². The smallest absolute Gasteiger partial charge is 0.446 e. The maximum atomic E-state index is 13.0. The lowest BCUT2D eigenvalue weighted by molar-refractivity contribution is -0.0436. The first kappa shape index (κ1) is 55.3. The Bertz CT molecular complexity index is 3270. The van der Waals surface area contributed by atoms with Crippen molar-refractivity contribution in [2.45, 2.75) is 71.4 Å². The molecule has 0 radical (unpaired) electrons. The number of sulfonamides is 2. The molecule has 6 N–H and O–H groups in total. The highest BCUT2D eigenvalue weighted by molar-refractivity contribution is 7.92. The molecule has 6 aromatic rings. The molecule has 0 unspecified atom stereocenters. The van der Waals surface area contributed by atoms with Gasteiger partial charge in [0.2, 0.25) is 16.1 Å². The Morgan fingerprint density at radius 1 is 0.541 bits per heavy atom. The average molecular weight is 1120 g/mol. The molecule has 4 aromatic carbocycles. The van der Waals surface area contributed by atoms with Crippen LogP contribution in [0.1, 0.15) is 68.3 Å². The fourth-order valence-electron chi connectivity index (χ4n) is 7.73. The third-order valence-electron chi connectivity index (χ3n) is 11.8.